The summed E-state index contributed by atoms with van der Waals surface area (Å²) in [5, 5.41) is 0. The van der Waals surface area contributed by atoms with E-state index in [1.807, 2.05) is 12.1 Å². The molecule has 0 spiro atoms. The predicted molar refractivity (Wildman–Crippen MR) is 249 cm³/mol. The molecule has 2 aromatic rings. The van der Waals surface area contributed by atoms with Crippen LogP contribution in [0.3, 0.4) is 0 Å². The highest BCUT2D eigenvalue weighted by Gasteiger charge is 2.50. The van der Waals surface area contributed by atoms with Gasteiger partial charge in [0.05, 0.1) is 51.4 Å². The fourth-order valence-electron chi connectivity index (χ4n) is 9.47. The molecule has 0 radical (unpaired) electrons. The van der Waals surface area contributed by atoms with Gasteiger partial charge in [-0.25, -0.2) is 4.21 Å². The van der Waals surface area contributed by atoms with Gasteiger partial charge < -0.3 is 28.4 Å². The molecule has 0 saturated carbocycles. The number of benzene rings is 2. The number of fused-ring (bicyclic) bond motifs is 2. The van der Waals surface area contributed by atoms with Crippen molar-refractivity contribution in [1.29, 1.82) is 0 Å². The number of nitrogens with one attached hydrogen (secondary N) is 1. The van der Waals surface area contributed by atoms with E-state index in [9.17, 15) is 17.2 Å². The van der Waals surface area contributed by atoms with E-state index >= 15 is 0 Å². The number of hydrogen-bond acceptors (Lipinski definition) is 10. The maximum absolute atomic E-state index is 12.7. The second-order valence-electron chi connectivity index (χ2n) is 15.6. The normalized spacial score (nSPS) is 19.0. The third-order valence-corrected chi connectivity index (χ3v) is 15.6. The number of anilines is 1. The second kappa shape index (κ2) is 21.3. The van der Waals surface area contributed by atoms with Gasteiger partial charge >= 0.3 is 0 Å². The van der Waals surface area contributed by atoms with E-state index in [1.165, 1.54) is 16.7 Å². The van der Waals surface area contributed by atoms with Gasteiger partial charge in [-0.15, -0.1) is 0 Å². The highest BCUT2D eigenvalue weighted by atomic mass is 79.9. The largest absolute Gasteiger partial charge is 0.493 e. The highest BCUT2D eigenvalue weighted by Crippen LogP contribution is 2.55. The summed E-state index contributed by atoms with van der Waals surface area (Å²) in [4.78, 5) is 2.30. The minimum atomic E-state index is -3.76. The molecule has 0 bridgehead atoms. The first-order chi connectivity index (χ1) is 29.3. The van der Waals surface area contributed by atoms with Gasteiger partial charge in [0.25, 0.3) is 10.1 Å². The third kappa shape index (κ3) is 9.87. The summed E-state index contributed by atoms with van der Waals surface area (Å²) < 4.78 is 78.2. The molecule has 0 saturated heterocycles. The molecule has 2 heterocycles. The van der Waals surface area contributed by atoms with E-state index < -0.39 is 21.2 Å². The van der Waals surface area contributed by atoms with Crippen molar-refractivity contribution in [2.75, 3.05) is 64.5 Å². The lowest BCUT2D eigenvalue weighted by Gasteiger charge is -2.32. The Morgan fingerprint density at radius 2 is 1.44 bits per heavy atom. The zero-order valence-corrected chi connectivity index (χ0v) is 40.5. The molecule has 336 valence electrons. The standard InChI is InChI=1S/C46H64BrN3O9S2/c1-10-45(11-2)34-28-38(55-6)40(57-8)30-36(34)49(24-16-26-60(51)52)42(45)22-20-32-18-15-19-33(44(32)47)21-23-43-46(12-3,13-4)35-29-39(56-7)41(58-9)31-37(35)50(43)25-17-27-61(53,54)59-48-14-5/h20-23,28-31,48H,10-19,24-27H2,1-9H3/p+1. The monoisotopic (exact) mass is 946 g/mol. The third-order valence-electron chi connectivity index (χ3n) is 12.7. The number of methoxy groups -OCH3 is 4. The van der Waals surface area contributed by atoms with Gasteiger partial charge in [-0.2, -0.15) is 22.8 Å². The number of ether oxygens (including phenoxy) is 4. The molecule has 2 N–H and O–H groups in total. The molecular weight excluding hydrogens is 883 g/mol. The molecule has 1 atom stereocenters. The molecule has 12 nitrogen and oxygen atoms in total. The Hall–Kier alpha value is -3.47. The quantitative estimate of drug-likeness (QED) is 0.0664. The number of hydroxylamine groups is 1. The Morgan fingerprint density at radius 3 is 2.03 bits per heavy atom. The number of hydrogen-bond donors (Lipinski definition) is 2. The van der Waals surface area contributed by atoms with E-state index in [0.29, 0.717) is 55.5 Å². The van der Waals surface area contributed by atoms with Gasteiger partial charge in [0.15, 0.2) is 39.8 Å². The number of rotatable bonds is 22. The van der Waals surface area contributed by atoms with E-state index in [4.69, 9.17) is 23.2 Å². The van der Waals surface area contributed by atoms with Gasteiger partial charge in [0, 0.05) is 58.5 Å². The number of nitrogens with zero attached hydrogens (tertiary/aromatic N) is 2. The molecule has 1 unspecified atom stereocenters. The number of halogens is 1. The maximum atomic E-state index is 12.7. The van der Waals surface area contributed by atoms with Gasteiger partial charge in [-0.05, 0) is 86.3 Å². The van der Waals surface area contributed by atoms with Crippen LogP contribution < -0.4 is 29.3 Å². The second-order valence-corrected chi connectivity index (χ2v) is 19.1. The summed E-state index contributed by atoms with van der Waals surface area (Å²) in [7, 11) is 2.81. The van der Waals surface area contributed by atoms with Crippen molar-refractivity contribution >= 4 is 54.2 Å². The minimum absolute atomic E-state index is 0.135. The van der Waals surface area contributed by atoms with Crippen LogP contribution in [0.1, 0.15) is 104 Å². The maximum Gasteiger partial charge on any atom is 0.283 e. The van der Waals surface area contributed by atoms with Gasteiger partial charge in [0.1, 0.15) is 6.54 Å². The Bertz CT molecular complexity index is 2210. The van der Waals surface area contributed by atoms with E-state index in [1.54, 1.807) is 35.4 Å². The Morgan fingerprint density at radius 1 is 0.836 bits per heavy atom. The fraction of sp³-hybridized carbons (Fsp3) is 0.543. The topological polar surface area (TPSA) is 136 Å². The molecule has 1 aliphatic carbocycles. The molecule has 61 heavy (non-hydrogen) atoms. The van der Waals surface area contributed by atoms with Crippen LogP contribution in [0, 0.1) is 0 Å². The molecule has 0 fully saturated rings. The number of allylic oxidation sites excluding steroid dienone is 8. The lowest BCUT2D eigenvalue weighted by molar-refractivity contribution is -0.437. The highest BCUT2D eigenvalue weighted by molar-refractivity contribution is 9.12. The van der Waals surface area contributed by atoms with E-state index in [0.717, 1.165) is 77.8 Å². The van der Waals surface area contributed by atoms with Gasteiger partial charge in [-0.1, -0.05) is 62.7 Å². The van der Waals surface area contributed by atoms with Crippen LogP contribution in [0.25, 0.3) is 0 Å². The van der Waals surface area contributed by atoms with Crippen molar-refractivity contribution < 1.29 is 45.0 Å². The Balaban J connectivity index is 1.61. The lowest BCUT2D eigenvalue weighted by atomic mass is 9.73. The molecule has 0 amide bonds. The van der Waals surface area contributed by atoms with Crippen molar-refractivity contribution in [3.63, 3.8) is 0 Å². The summed E-state index contributed by atoms with van der Waals surface area (Å²) in [5.74, 6) is 2.64. The first-order valence-electron chi connectivity index (χ1n) is 21.4. The predicted octanol–water partition coefficient (Wildman–Crippen LogP) is 9.53. The molecule has 3 aliphatic rings. The van der Waals surface area contributed by atoms with Gasteiger partial charge in [0.2, 0.25) is 5.69 Å². The Kier molecular flexibility index (Phi) is 16.9. The van der Waals surface area contributed by atoms with Crippen LogP contribution in [-0.2, 0) is 36.3 Å². The van der Waals surface area contributed by atoms with Crippen LogP contribution >= 0.6 is 15.9 Å². The first-order valence-corrected chi connectivity index (χ1v) is 25.1. The van der Waals surface area contributed by atoms with Crippen molar-refractivity contribution in [2.45, 2.75) is 103 Å². The van der Waals surface area contributed by atoms with Crippen LogP contribution in [0.5, 0.6) is 23.0 Å². The smallest absolute Gasteiger partial charge is 0.283 e. The van der Waals surface area contributed by atoms with E-state index in [-0.39, 0.29) is 22.3 Å². The van der Waals surface area contributed by atoms with Gasteiger partial charge in [-0.3, -0.25) is 0 Å². The minimum Gasteiger partial charge on any atom is -0.493 e. The van der Waals surface area contributed by atoms with Crippen LogP contribution in [0.15, 0.2) is 69.9 Å². The van der Waals surface area contributed by atoms with Crippen LogP contribution in [0.2, 0.25) is 0 Å². The fourth-order valence-corrected chi connectivity index (χ4v) is 11.4. The summed E-state index contributed by atoms with van der Waals surface area (Å²) >= 11 is 2.16. The molecule has 15 heteroatoms. The summed E-state index contributed by atoms with van der Waals surface area (Å²) in [5.41, 5.74) is 10.8. The molecular formula is C46H65BrN3O9S2+. The molecule has 2 aliphatic heterocycles. The lowest BCUT2D eigenvalue weighted by Crippen LogP contribution is -2.33. The van der Waals surface area contributed by atoms with Crippen LogP contribution in [0.4, 0.5) is 11.4 Å². The van der Waals surface area contributed by atoms with Crippen molar-refractivity contribution in [3.05, 3.63) is 81.0 Å². The Labute approximate surface area is 374 Å². The van der Waals surface area contributed by atoms with E-state index in [2.05, 4.69) is 95.0 Å². The van der Waals surface area contributed by atoms with Crippen LogP contribution in [-0.4, -0.2) is 87.0 Å². The van der Waals surface area contributed by atoms with Crippen molar-refractivity contribution in [1.82, 2.24) is 5.48 Å². The average Bonchev–Trinajstić information content (AvgIpc) is 3.67. The SMILES string of the molecule is CCNOS(=O)(=O)CCC[N+]1=C(/C=C/C2=C(Br)C(=C/C=C3\N(CCCS(=O)O)c4cc(OC)c(OC)cc4C3(CC)CC)/CCC2)C(CC)(CC)c2cc(OC)c(OC)cc21. The summed E-state index contributed by atoms with van der Waals surface area (Å²) in [6.45, 7) is 12.0. The molecule has 2 aromatic carbocycles. The zero-order chi connectivity index (χ0) is 44.5. The average molecular weight is 948 g/mol. The van der Waals surface area contributed by atoms with Crippen molar-refractivity contribution in [3.8, 4) is 23.0 Å². The van der Waals surface area contributed by atoms with Crippen molar-refractivity contribution in [2.24, 2.45) is 0 Å². The summed E-state index contributed by atoms with van der Waals surface area (Å²) in [6.07, 6.45) is 16.0. The first kappa shape index (κ1) is 48.6. The molecule has 0 aromatic heterocycles. The summed E-state index contributed by atoms with van der Waals surface area (Å²) in [6, 6.07) is 8.23. The zero-order valence-electron chi connectivity index (χ0n) is 37.3. The molecule has 5 rings (SSSR count).